The molecule has 3 heterocycles. The molecule has 0 spiro atoms. The molecule has 10 heteroatoms. The number of aromatic nitrogens is 3. The van der Waals surface area contributed by atoms with Gasteiger partial charge in [0, 0.05) is 0 Å². The summed E-state index contributed by atoms with van der Waals surface area (Å²) in [6, 6.07) is 8.41. The molecular weight excluding hydrogens is 566 g/mol. The SMILES string of the molecule is CC(C)(C)OC(=O)N1CCC(O)(c2nc(-c3ccccc3F)c(-c3ccnc([As]C4CCCC4)n3)s2)CC1. The fraction of sp³-hybridized carbons (Fsp3) is 0.500. The zero-order valence-electron chi connectivity index (χ0n) is 22.0. The van der Waals surface area contributed by atoms with E-state index >= 15 is 0 Å². The summed E-state index contributed by atoms with van der Waals surface area (Å²) in [7, 11) is 0. The van der Waals surface area contributed by atoms with E-state index in [4.69, 9.17) is 14.7 Å². The van der Waals surface area contributed by atoms with Gasteiger partial charge in [-0.1, -0.05) is 0 Å². The van der Waals surface area contributed by atoms with Crippen LogP contribution >= 0.6 is 11.3 Å². The summed E-state index contributed by atoms with van der Waals surface area (Å²) in [6.07, 6.45) is 7.07. The summed E-state index contributed by atoms with van der Waals surface area (Å²) < 4.78 is 22.0. The van der Waals surface area contributed by atoms with Gasteiger partial charge < -0.3 is 0 Å². The first kappa shape index (κ1) is 27.2. The zero-order valence-corrected chi connectivity index (χ0v) is 24.7. The van der Waals surface area contributed by atoms with Gasteiger partial charge in [-0.25, -0.2) is 0 Å². The van der Waals surface area contributed by atoms with Gasteiger partial charge in [0.1, 0.15) is 5.60 Å². The number of halogens is 1. The number of likely N-dealkylation sites (tertiary alicyclic amines) is 1. The number of carbonyl (C=O) groups excluding carboxylic acids is 1. The van der Waals surface area contributed by atoms with Crippen LogP contribution < -0.4 is 4.61 Å². The zero-order chi connectivity index (χ0) is 26.9. The monoisotopic (exact) mass is 599 g/mol. The van der Waals surface area contributed by atoms with Crippen LogP contribution in [-0.2, 0) is 10.3 Å². The number of hydrogen-bond donors (Lipinski definition) is 1. The van der Waals surface area contributed by atoms with Crippen molar-refractivity contribution < 1.29 is 19.0 Å². The minimum absolute atomic E-state index is 0.138. The van der Waals surface area contributed by atoms with Gasteiger partial charge in [-0.15, -0.1) is 0 Å². The van der Waals surface area contributed by atoms with Crippen LogP contribution in [-0.4, -0.2) is 65.5 Å². The van der Waals surface area contributed by atoms with Gasteiger partial charge in [0.15, 0.2) is 0 Å². The number of carbonyl (C=O) groups is 1. The molecule has 0 unspecified atom stereocenters. The van der Waals surface area contributed by atoms with Gasteiger partial charge in [0.2, 0.25) is 0 Å². The minimum atomic E-state index is -1.23. The number of ether oxygens (including phenoxy) is 1. The van der Waals surface area contributed by atoms with Crippen LogP contribution in [0.25, 0.3) is 21.8 Å². The summed E-state index contributed by atoms with van der Waals surface area (Å²) in [5, 5.41) is 12.2. The summed E-state index contributed by atoms with van der Waals surface area (Å²) >= 11 is 1.21. The van der Waals surface area contributed by atoms with E-state index in [-0.39, 0.29) is 27.7 Å². The van der Waals surface area contributed by atoms with Crippen molar-refractivity contribution in [2.45, 2.75) is 75.2 Å². The topological polar surface area (TPSA) is 88.4 Å². The second kappa shape index (κ2) is 11.0. The van der Waals surface area contributed by atoms with Crippen molar-refractivity contribution >= 4 is 37.8 Å². The molecule has 1 radical (unpaired) electrons. The first-order valence-electron chi connectivity index (χ1n) is 13.1. The fourth-order valence-electron chi connectivity index (χ4n) is 4.86. The Hall–Kier alpha value is -2.35. The Morgan fingerprint density at radius 2 is 1.87 bits per heavy atom. The molecule has 1 aliphatic carbocycles. The molecule has 2 aromatic heterocycles. The number of nitrogens with zero attached hydrogens (tertiary/aromatic N) is 4. The van der Waals surface area contributed by atoms with Crippen LogP contribution in [0.3, 0.4) is 0 Å². The van der Waals surface area contributed by atoms with Gasteiger partial charge in [0.05, 0.1) is 0 Å². The Labute approximate surface area is 233 Å². The van der Waals surface area contributed by atoms with Crippen molar-refractivity contribution in [3.8, 4) is 21.8 Å². The molecular formula is C28H33AsFN4O3S. The second-order valence-corrected chi connectivity index (χ2v) is 14.9. The van der Waals surface area contributed by atoms with Crippen LogP contribution in [0.1, 0.15) is 64.3 Å². The third-order valence-electron chi connectivity index (χ3n) is 6.89. The number of thiazole rings is 1. The van der Waals surface area contributed by atoms with E-state index in [9.17, 15) is 14.3 Å². The number of rotatable bonds is 5. The Balaban J connectivity index is 1.45. The maximum absolute atomic E-state index is 15.0. The third kappa shape index (κ3) is 6.10. The summed E-state index contributed by atoms with van der Waals surface area (Å²) in [4.78, 5) is 29.2. The number of benzene rings is 1. The first-order chi connectivity index (χ1) is 18.1. The van der Waals surface area contributed by atoms with E-state index in [1.165, 1.54) is 43.1 Å². The van der Waals surface area contributed by atoms with Gasteiger partial charge in [0.25, 0.3) is 0 Å². The maximum atomic E-state index is 15.0. The molecule has 1 aromatic carbocycles. The van der Waals surface area contributed by atoms with Gasteiger partial charge in [-0.3, -0.25) is 0 Å². The Morgan fingerprint density at radius 3 is 2.55 bits per heavy atom. The van der Waals surface area contributed by atoms with Gasteiger partial charge in [-0.2, -0.15) is 0 Å². The summed E-state index contributed by atoms with van der Waals surface area (Å²) in [6.45, 7) is 6.19. The van der Waals surface area contributed by atoms with Crippen LogP contribution in [0.5, 0.6) is 0 Å². The number of piperidine rings is 1. The van der Waals surface area contributed by atoms with Crippen molar-refractivity contribution in [2.75, 3.05) is 13.1 Å². The van der Waals surface area contributed by atoms with E-state index in [0.717, 1.165) is 9.49 Å². The summed E-state index contributed by atoms with van der Waals surface area (Å²) in [5.74, 6) is -0.371. The average Bonchev–Trinajstić information content (AvgIpc) is 3.55. The Morgan fingerprint density at radius 1 is 1.16 bits per heavy atom. The molecule has 1 saturated heterocycles. The van der Waals surface area contributed by atoms with Gasteiger partial charge in [-0.05, 0) is 20.8 Å². The van der Waals surface area contributed by atoms with E-state index in [1.807, 2.05) is 26.8 Å². The molecule has 0 bridgehead atoms. The Bertz CT molecular complexity index is 1300. The molecule has 3 aromatic rings. The van der Waals surface area contributed by atoms with Gasteiger partial charge >= 0.3 is 208 Å². The predicted molar refractivity (Wildman–Crippen MR) is 147 cm³/mol. The standard InChI is InChI=1S/C28H33AsFN4O3S/c1-27(2,3)37-26(35)34-16-13-28(36,14-17-34)24-33-22(19-10-6-7-11-20(19)30)23(38-24)21-12-15-31-25(32-21)29-18-8-4-5-9-18/h6-7,10-12,15,18,36H,4-5,8-9,13-14,16-17H2,1-3H3. The van der Waals surface area contributed by atoms with E-state index in [2.05, 4.69) is 4.98 Å². The predicted octanol–water partition coefficient (Wildman–Crippen LogP) is 5.32. The molecule has 7 nitrogen and oxygen atoms in total. The number of hydrogen-bond acceptors (Lipinski definition) is 7. The third-order valence-corrected chi connectivity index (χ3v) is 11.0. The molecule has 2 fully saturated rings. The fourth-order valence-corrected chi connectivity index (χ4v) is 8.68. The molecule has 1 amide bonds. The molecule has 5 rings (SSSR count). The second-order valence-electron chi connectivity index (χ2n) is 11.0. The molecule has 38 heavy (non-hydrogen) atoms. The van der Waals surface area contributed by atoms with E-state index in [1.54, 1.807) is 29.3 Å². The van der Waals surface area contributed by atoms with Crippen molar-refractivity contribution in [3.63, 3.8) is 0 Å². The van der Waals surface area contributed by atoms with E-state index in [0.29, 0.717) is 52.6 Å². The Kier molecular flexibility index (Phi) is 7.90. The van der Waals surface area contributed by atoms with Crippen molar-refractivity contribution in [3.05, 3.63) is 47.4 Å². The van der Waals surface area contributed by atoms with Crippen LogP contribution in [0, 0.1) is 5.82 Å². The quantitative estimate of drug-likeness (QED) is 0.400. The molecule has 1 aliphatic heterocycles. The van der Waals surface area contributed by atoms with Crippen molar-refractivity contribution in [1.82, 2.24) is 19.9 Å². The molecule has 1 saturated carbocycles. The van der Waals surface area contributed by atoms with Crippen molar-refractivity contribution in [2.24, 2.45) is 0 Å². The summed E-state index contributed by atoms with van der Waals surface area (Å²) in [5.41, 5.74) is -0.246. The van der Waals surface area contributed by atoms with Crippen LogP contribution in [0.2, 0.25) is 4.71 Å². The van der Waals surface area contributed by atoms with Crippen LogP contribution in [0.15, 0.2) is 36.5 Å². The molecule has 2 aliphatic rings. The number of amides is 1. The van der Waals surface area contributed by atoms with E-state index < -0.39 is 11.2 Å². The molecule has 201 valence electrons. The molecule has 1 N–H and O–H groups in total. The van der Waals surface area contributed by atoms with Crippen LogP contribution in [0.4, 0.5) is 9.18 Å². The average molecular weight is 600 g/mol. The van der Waals surface area contributed by atoms with Crippen molar-refractivity contribution in [1.29, 1.82) is 0 Å². The first-order valence-corrected chi connectivity index (χ1v) is 16.0. The molecule has 0 atom stereocenters. The normalized spacial score (nSPS) is 18.4. The number of aliphatic hydroxyl groups is 1.